The lowest BCUT2D eigenvalue weighted by molar-refractivity contribution is -0.377. The number of nitrogens with one attached hydrogen (secondary N) is 2. The van der Waals surface area contributed by atoms with Crippen molar-refractivity contribution in [3.8, 4) is 0 Å². The Morgan fingerprint density at radius 1 is 1.50 bits per heavy atom. The van der Waals surface area contributed by atoms with E-state index >= 15 is 0 Å². The molecule has 1 rings (SSSR count). The Morgan fingerprint density at radius 3 is 2.75 bits per heavy atom. The number of pyridine rings is 1. The van der Waals surface area contributed by atoms with Crippen LogP contribution in [0.25, 0.3) is 0 Å². The van der Waals surface area contributed by atoms with Crippen molar-refractivity contribution in [1.82, 2.24) is 0 Å². The molecule has 0 spiro atoms. The van der Waals surface area contributed by atoms with E-state index in [1.807, 2.05) is 31.5 Å². The molecule has 0 aromatic carbocycles. The predicted molar refractivity (Wildman–Crippen MR) is 65.3 cm³/mol. The van der Waals surface area contributed by atoms with Crippen molar-refractivity contribution in [1.29, 1.82) is 0 Å². The Hall–Kier alpha value is -1.35. The summed E-state index contributed by atoms with van der Waals surface area (Å²) in [5.74, 6) is 0.404. The topological polar surface area (TPSA) is 43.2 Å². The van der Waals surface area contributed by atoms with E-state index in [-0.39, 0.29) is 5.78 Å². The first-order valence-corrected chi connectivity index (χ1v) is 5.82. The van der Waals surface area contributed by atoms with Gasteiger partial charge in [-0.05, 0) is 6.42 Å². The quantitative estimate of drug-likeness (QED) is 0.612. The van der Waals surface area contributed by atoms with E-state index in [4.69, 9.17) is 11.6 Å². The molecular weight excluding hydrogens is 224 g/mol. The number of carbonyl (C=O) groups is 1. The summed E-state index contributed by atoms with van der Waals surface area (Å²) in [6, 6.07) is 3.76. The number of anilines is 1. The maximum absolute atomic E-state index is 11.4. The van der Waals surface area contributed by atoms with E-state index in [1.54, 1.807) is 6.08 Å². The molecule has 0 aliphatic rings. The average molecular weight is 240 g/mol. The minimum absolute atomic E-state index is 0.105. The number of hydrogen-bond donors (Lipinski definition) is 1. The number of allylic oxidation sites excluding steroid dienone is 2. The summed E-state index contributed by atoms with van der Waals surface area (Å²) in [4.78, 5) is 14.3. The Morgan fingerprint density at radius 2 is 2.19 bits per heavy atom. The van der Waals surface area contributed by atoms with Crippen molar-refractivity contribution in [2.45, 2.75) is 19.8 Å². The van der Waals surface area contributed by atoms with Gasteiger partial charge >= 0.3 is 0 Å². The zero-order valence-electron chi connectivity index (χ0n) is 9.29. The third-order valence-electron chi connectivity index (χ3n) is 2.00. The molecule has 0 saturated heterocycles. The molecule has 0 aliphatic heterocycles. The van der Waals surface area contributed by atoms with Crippen molar-refractivity contribution in [2.24, 2.45) is 0 Å². The molecule has 86 valence electrons. The van der Waals surface area contributed by atoms with Gasteiger partial charge in [-0.25, -0.2) is 4.98 Å². The van der Waals surface area contributed by atoms with Crippen LogP contribution in [0.1, 0.15) is 19.8 Å². The number of aromatic amines is 1. The van der Waals surface area contributed by atoms with E-state index in [0.717, 1.165) is 17.8 Å². The standard InChI is InChI=1S/C12H15ClN2O/c1-2-3-12(16)8-11(9-13)15-10-4-6-14-7-5-10/h4-8H,2-3,9H2,1H3,(H,14,15)/p+1/b11-8+. The van der Waals surface area contributed by atoms with Crippen LogP contribution in [-0.4, -0.2) is 11.7 Å². The van der Waals surface area contributed by atoms with Gasteiger partial charge in [0.1, 0.15) is 0 Å². The normalized spacial score (nSPS) is 11.2. The van der Waals surface area contributed by atoms with Gasteiger partial charge < -0.3 is 5.32 Å². The molecule has 1 aromatic heterocycles. The van der Waals surface area contributed by atoms with E-state index in [0.29, 0.717) is 12.3 Å². The second-order valence-electron chi connectivity index (χ2n) is 3.43. The Bertz CT molecular complexity index is 363. The van der Waals surface area contributed by atoms with Gasteiger partial charge in [0.25, 0.3) is 0 Å². The number of carbonyl (C=O) groups excluding carboxylic acids is 1. The zero-order valence-corrected chi connectivity index (χ0v) is 10.1. The summed E-state index contributed by atoms with van der Waals surface area (Å²) in [5, 5.41) is 3.11. The first kappa shape index (κ1) is 12.7. The van der Waals surface area contributed by atoms with Crippen LogP contribution in [0.15, 0.2) is 36.3 Å². The SMILES string of the molecule is CCCC(=O)/C=C(\CCl)Nc1cc[nH+]cc1. The molecule has 1 aromatic rings. The van der Waals surface area contributed by atoms with Crippen LogP contribution in [0.3, 0.4) is 0 Å². The van der Waals surface area contributed by atoms with Crippen LogP contribution in [0.2, 0.25) is 0 Å². The largest absolute Gasteiger partial charge is 0.357 e. The van der Waals surface area contributed by atoms with Gasteiger partial charge in [-0.3, -0.25) is 4.79 Å². The van der Waals surface area contributed by atoms with Gasteiger partial charge in [0.15, 0.2) is 18.2 Å². The number of hydrogen-bond acceptors (Lipinski definition) is 2. The Kier molecular flexibility index (Phi) is 5.57. The van der Waals surface area contributed by atoms with Crippen LogP contribution >= 0.6 is 11.6 Å². The van der Waals surface area contributed by atoms with Crippen molar-refractivity contribution in [2.75, 3.05) is 11.2 Å². The average Bonchev–Trinajstić information content (AvgIpc) is 2.30. The molecule has 0 unspecified atom stereocenters. The molecule has 3 nitrogen and oxygen atoms in total. The van der Waals surface area contributed by atoms with Crippen LogP contribution in [0, 0.1) is 0 Å². The fourth-order valence-electron chi connectivity index (χ4n) is 1.28. The molecule has 4 heteroatoms. The van der Waals surface area contributed by atoms with Crippen molar-refractivity contribution >= 4 is 23.1 Å². The number of halogens is 1. The fraction of sp³-hybridized carbons (Fsp3) is 0.333. The van der Waals surface area contributed by atoms with Crippen molar-refractivity contribution in [3.05, 3.63) is 36.3 Å². The summed E-state index contributed by atoms with van der Waals surface area (Å²) < 4.78 is 0. The zero-order chi connectivity index (χ0) is 11.8. The highest BCUT2D eigenvalue weighted by Crippen LogP contribution is 2.08. The lowest BCUT2D eigenvalue weighted by Gasteiger charge is -2.06. The molecule has 2 N–H and O–H groups in total. The third-order valence-corrected chi connectivity index (χ3v) is 2.29. The first-order valence-electron chi connectivity index (χ1n) is 5.28. The lowest BCUT2D eigenvalue weighted by Crippen LogP contribution is -2.06. The second kappa shape index (κ2) is 7.01. The van der Waals surface area contributed by atoms with E-state index in [2.05, 4.69) is 10.3 Å². The predicted octanol–water partition coefficient (Wildman–Crippen LogP) is 2.40. The minimum Gasteiger partial charge on any atom is -0.357 e. The summed E-state index contributed by atoms with van der Waals surface area (Å²) >= 11 is 5.77. The second-order valence-corrected chi connectivity index (χ2v) is 3.70. The van der Waals surface area contributed by atoms with Gasteiger partial charge in [0.2, 0.25) is 0 Å². The molecule has 0 fully saturated rings. The smallest absolute Gasteiger partial charge is 0.169 e. The Labute approximate surface area is 101 Å². The van der Waals surface area contributed by atoms with Gasteiger partial charge in [0.05, 0.1) is 11.6 Å². The van der Waals surface area contributed by atoms with Gasteiger partial charge in [0, 0.05) is 30.3 Å². The molecule has 0 radical (unpaired) electrons. The number of alkyl halides is 1. The van der Waals surface area contributed by atoms with Crippen molar-refractivity contribution < 1.29 is 9.78 Å². The highest BCUT2D eigenvalue weighted by molar-refractivity contribution is 6.20. The third kappa shape index (κ3) is 4.45. The van der Waals surface area contributed by atoms with Crippen molar-refractivity contribution in [3.63, 3.8) is 0 Å². The number of rotatable bonds is 6. The summed E-state index contributed by atoms with van der Waals surface area (Å²) in [5.41, 5.74) is 1.64. The molecule has 0 aliphatic carbocycles. The van der Waals surface area contributed by atoms with Crippen LogP contribution in [0.4, 0.5) is 5.69 Å². The molecule has 0 saturated carbocycles. The number of ketones is 1. The summed E-state index contributed by atoms with van der Waals surface area (Å²) in [6.45, 7) is 1.98. The van der Waals surface area contributed by atoms with Crippen LogP contribution in [0.5, 0.6) is 0 Å². The minimum atomic E-state index is 0.105. The molecule has 1 heterocycles. The van der Waals surface area contributed by atoms with Crippen LogP contribution in [-0.2, 0) is 4.79 Å². The van der Waals surface area contributed by atoms with E-state index < -0.39 is 0 Å². The highest BCUT2D eigenvalue weighted by Gasteiger charge is 2.01. The number of aromatic nitrogens is 1. The van der Waals surface area contributed by atoms with Gasteiger partial charge in [-0.2, -0.15) is 0 Å². The maximum atomic E-state index is 11.4. The summed E-state index contributed by atoms with van der Waals surface area (Å²) in [6.07, 6.45) is 6.60. The molecule has 0 amide bonds. The van der Waals surface area contributed by atoms with E-state index in [9.17, 15) is 4.79 Å². The monoisotopic (exact) mass is 239 g/mol. The van der Waals surface area contributed by atoms with Crippen LogP contribution < -0.4 is 10.3 Å². The molecule has 16 heavy (non-hydrogen) atoms. The molecule has 0 bridgehead atoms. The van der Waals surface area contributed by atoms with E-state index in [1.165, 1.54) is 0 Å². The van der Waals surface area contributed by atoms with Gasteiger partial charge in [-0.15, -0.1) is 11.6 Å². The molecule has 0 atom stereocenters. The Balaban J connectivity index is 2.65. The first-order chi connectivity index (χ1) is 7.76. The summed E-state index contributed by atoms with van der Waals surface area (Å²) in [7, 11) is 0. The molecular formula is C12H16ClN2O+. The maximum Gasteiger partial charge on any atom is 0.169 e. The lowest BCUT2D eigenvalue weighted by atomic mass is 10.2. The fourth-order valence-corrected chi connectivity index (χ4v) is 1.42. The highest BCUT2D eigenvalue weighted by atomic mass is 35.5. The number of H-pyrrole nitrogens is 1. The van der Waals surface area contributed by atoms with Gasteiger partial charge in [-0.1, -0.05) is 6.92 Å².